The largest absolute Gasteiger partial charge is 0.469 e. The molecule has 0 bridgehead atoms. The minimum absolute atomic E-state index is 0.0954. The summed E-state index contributed by atoms with van der Waals surface area (Å²) in [6, 6.07) is 9.93. The zero-order valence-electron chi connectivity index (χ0n) is 17.4. The number of carbonyl (C=O) groups is 2. The fourth-order valence-corrected chi connectivity index (χ4v) is 3.69. The van der Waals surface area contributed by atoms with Crippen LogP contribution >= 0.6 is 0 Å². The quantitative estimate of drug-likeness (QED) is 0.585. The van der Waals surface area contributed by atoms with E-state index in [2.05, 4.69) is 9.47 Å². The number of fused-ring (bicyclic) bond motifs is 1. The first-order valence-electron chi connectivity index (χ1n) is 9.66. The van der Waals surface area contributed by atoms with E-state index in [1.54, 1.807) is 0 Å². The van der Waals surface area contributed by atoms with Gasteiger partial charge in [0.05, 0.1) is 18.7 Å². The zero-order chi connectivity index (χ0) is 20.5. The number of imidazole rings is 1. The number of nitrogens with zero attached hydrogens (tertiary/aromatic N) is 3. The van der Waals surface area contributed by atoms with Gasteiger partial charge in [-0.3, -0.25) is 14.5 Å². The number of ketones is 1. The summed E-state index contributed by atoms with van der Waals surface area (Å²) in [6.45, 7) is 8.22. The van der Waals surface area contributed by atoms with Crippen molar-refractivity contribution in [2.45, 2.75) is 40.3 Å². The molecular formula is C22H29N3O3. The molecule has 3 rings (SSSR count). The van der Waals surface area contributed by atoms with Crippen LogP contribution in [0.4, 0.5) is 0 Å². The van der Waals surface area contributed by atoms with E-state index >= 15 is 0 Å². The average molecular weight is 383 g/mol. The molecule has 28 heavy (non-hydrogen) atoms. The maximum atomic E-state index is 13.2. The zero-order valence-corrected chi connectivity index (χ0v) is 17.4. The molecule has 0 saturated carbocycles. The van der Waals surface area contributed by atoms with Crippen LogP contribution in [-0.4, -0.2) is 46.9 Å². The van der Waals surface area contributed by atoms with Gasteiger partial charge in [-0.05, 0) is 12.5 Å². The van der Waals surface area contributed by atoms with Crippen molar-refractivity contribution in [3.63, 3.8) is 0 Å². The molecule has 1 atom stereocenters. The third kappa shape index (κ3) is 4.02. The lowest BCUT2D eigenvalue weighted by atomic mass is 9.77. The maximum Gasteiger partial charge on any atom is 0.309 e. The second-order valence-corrected chi connectivity index (χ2v) is 8.56. The molecule has 0 unspecified atom stereocenters. The number of aromatic nitrogens is 2. The van der Waals surface area contributed by atoms with Crippen LogP contribution in [0.15, 0.2) is 30.3 Å². The second kappa shape index (κ2) is 7.87. The summed E-state index contributed by atoms with van der Waals surface area (Å²) >= 11 is 0. The molecule has 1 aromatic heterocycles. The summed E-state index contributed by atoms with van der Waals surface area (Å²) in [5.41, 5.74) is 2.02. The van der Waals surface area contributed by atoms with Crippen LogP contribution in [0.3, 0.4) is 0 Å². The molecule has 0 aliphatic carbocycles. The summed E-state index contributed by atoms with van der Waals surface area (Å²) in [6.07, 6.45) is 0.0954. The third-order valence-corrected chi connectivity index (χ3v) is 5.41. The van der Waals surface area contributed by atoms with Crippen molar-refractivity contribution in [1.29, 1.82) is 0 Å². The molecule has 1 aromatic carbocycles. The Morgan fingerprint density at radius 2 is 1.86 bits per heavy atom. The number of benzene rings is 1. The minimum atomic E-state index is -0.510. The van der Waals surface area contributed by atoms with Crippen molar-refractivity contribution in [2.75, 3.05) is 20.7 Å². The molecule has 0 N–H and O–H groups in total. The molecular weight excluding hydrogens is 354 g/mol. The number of Topliss-reactive ketones (excluding diaryl/α,β-unsaturated/α-hetero) is 1. The Kier molecular flexibility index (Phi) is 5.70. The van der Waals surface area contributed by atoms with Crippen LogP contribution in [0.25, 0.3) is 11.4 Å². The van der Waals surface area contributed by atoms with Gasteiger partial charge in [-0.1, -0.05) is 51.1 Å². The highest BCUT2D eigenvalue weighted by atomic mass is 16.5. The molecule has 2 aromatic rings. The third-order valence-electron chi connectivity index (χ3n) is 5.41. The molecule has 0 radical (unpaired) electrons. The van der Waals surface area contributed by atoms with Gasteiger partial charge < -0.3 is 9.30 Å². The van der Waals surface area contributed by atoms with Gasteiger partial charge in [0.2, 0.25) is 0 Å². The number of likely N-dealkylation sites (N-methyl/N-ethyl adjacent to an activating group) is 1. The Labute approximate surface area is 166 Å². The monoisotopic (exact) mass is 383 g/mol. The summed E-state index contributed by atoms with van der Waals surface area (Å²) in [4.78, 5) is 32.5. The van der Waals surface area contributed by atoms with Crippen LogP contribution in [-0.2, 0) is 22.6 Å². The smallest absolute Gasteiger partial charge is 0.309 e. The number of hydrogen-bond donors (Lipinski definition) is 0. The molecule has 1 aliphatic heterocycles. The van der Waals surface area contributed by atoms with Gasteiger partial charge in [-0.2, -0.15) is 0 Å². The van der Waals surface area contributed by atoms with Gasteiger partial charge in [0.25, 0.3) is 0 Å². The van der Waals surface area contributed by atoms with Crippen molar-refractivity contribution < 1.29 is 14.3 Å². The molecule has 0 fully saturated rings. The average Bonchev–Trinajstić information content (AvgIpc) is 3.03. The SMILES string of the molecule is COC(=O)[C@@H](CC(=O)c1nc(-c2ccccc2)n2c1CN(C)CC2)C(C)(C)C. The topological polar surface area (TPSA) is 64.4 Å². The van der Waals surface area contributed by atoms with Crippen LogP contribution in [0, 0.1) is 11.3 Å². The van der Waals surface area contributed by atoms with E-state index < -0.39 is 5.92 Å². The van der Waals surface area contributed by atoms with Crippen LogP contribution in [0.2, 0.25) is 0 Å². The number of carbonyl (C=O) groups excluding carboxylic acids is 2. The molecule has 6 nitrogen and oxygen atoms in total. The lowest BCUT2D eigenvalue weighted by Gasteiger charge is -2.28. The standard InChI is InChI=1S/C22H29N3O3/c1-22(2,3)16(21(27)28-5)13-18(26)19-17-14-24(4)11-12-25(17)20(23-19)15-9-7-6-8-10-15/h6-10,16H,11-14H2,1-5H3/t16-/m1/s1. The first-order valence-corrected chi connectivity index (χ1v) is 9.66. The fourth-order valence-electron chi connectivity index (χ4n) is 3.69. The predicted molar refractivity (Wildman–Crippen MR) is 108 cm³/mol. The van der Waals surface area contributed by atoms with E-state index in [1.807, 2.05) is 58.2 Å². The highest BCUT2D eigenvalue weighted by Gasteiger charge is 2.36. The molecule has 2 heterocycles. The van der Waals surface area contributed by atoms with Gasteiger partial charge in [-0.15, -0.1) is 0 Å². The van der Waals surface area contributed by atoms with E-state index in [-0.39, 0.29) is 23.6 Å². The Hall–Kier alpha value is -2.47. The molecule has 0 saturated heterocycles. The number of rotatable bonds is 5. The van der Waals surface area contributed by atoms with Crippen molar-refractivity contribution in [3.05, 3.63) is 41.7 Å². The highest BCUT2D eigenvalue weighted by molar-refractivity contribution is 5.98. The number of esters is 1. The molecule has 1 aliphatic rings. The fraction of sp³-hybridized carbons (Fsp3) is 0.500. The Bertz CT molecular complexity index is 865. The van der Waals surface area contributed by atoms with Gasteiger partial charge >= 0.3 is 5.97 Å². The van der Waals surface area contributed by atoms with Crippen LogP contribution < -0.4 is 0 Å². The van der Waals surface area contributed by atoms with E-state index in [9.17, 15) is 9.59 Å². The van der Waals surface area contributed by atoms with Crippen molar-refractivity contribution in [3.8, 4) is 11.4 Å². The highest BCUT2D eigenvalue weighted by Crippen LogP contribution is 2.33. The van der Waals surface area contributed by atoms with Gasteiger partial charge in [0.1, 0.15) is 11.5 Å². The van der Waals surface area contributed by atoms with Crippen LogP contribution in [0.5, 0.6) is 0 Å². The summed E-state index contributed by atoms with van der Waals surface area (Å²) < 4.78 is 7.10. The Morgan fingerprint density at radius 1 is 1.18 bits per heavy atom. The summed E-state index contributed by atoms with van der Waals surface area (Å²) in [7, 11) is 3.41. The van der Waals surface area contributed by atoms with Gasteiger partial charge in [-0.25, -0.2) is 4.98 Å². The molecule has 150 valence electrons. The predicted octanol–water partition coefficient (Wildman–Crippen LogP) is 3.40. The van der Waals surface area contributed by atoms with Crippen LogP contribution in [0.1, 0.15) is 43.4 Å². The Morgan fingerprint density at radius 3 is 2.46 bits per heavy atom. The van der Waals surface area contributed by atoms with Gasteiger partial charge in [0.15, 0.2) is 5.78 Å². The molecule has 6 heteroatoms. The van der Waals surface area contributed by atoms with Gasteiger partial charge in [0, 0.05) is 31.6 Å². The number of ether oxygens (including phenoxy) is 1. The first kappa shape index (κ1) is 20.3. The maximum absolute atomic E-state index is 13.2. The number of hydrogen-bond acceptors (Lipinski definition) is 5. The summed E-state index contributed by atoms with van der Waals surface area (Å²) in [5, 5.41) is 0. The van der Waals surface area contributed by atoms with Crippen molar-refractivity contribution in [1.82, 2.24) is 14.5 Å². The van der Waals surface area contributed by atoms with E-state index in [4.69, 9.17) is 9.72 Å². The molecule has 0 amide bonds. The number of methoxy groups -OCH3 is 1. The second-order valence-electron chi connectivity index (χ2n) is 8.56. The first-order chi connectivity index (χ1) is 13.2. The Balaban J connectivity index is 2.00. The summed E-state index contributed by atoms with van der Waals surface area (Å²) in [5.74, 6) is -0.151. The minimum Gasteiger partial charge on any atom is -0.469 e. The lowest BCUT2D eigenvalue weighted by molar-refractivity contribution is -0.149. The van der Waals surface area contributed by atoms with Crippen molar-refractivity contribution >= 4 is 11.8 Å². The van der Waals surface area contributed by atoms with E-state index in [1.165, 1.54) is 7.11 Å². The lowest BCUT2D eigenvalue weighted by Crippen LogP contribution is -2.33. The van der Waals surface area contributed by atoms with E-state index in [0.717, 1.165) is 30.2 Å². The normalized spacial score (nSPS) is 15.8. The molecule has 0 spiro atoms. The van der Waals surface area contributed by atoms with Crippen molar-refractivity contribution in [2.24, 2.45) is 11.3 Å². The van der Waals surface area contributed by atoms with E-state index in [0.29, 0.717) is 12.2 Å².